The first kappa shape index (κ1) is 22.2. The molecule has 0 radical (unpaired) electrons. The summed E-state index contributed by atoms with van der Waals surface area (Å²) in [7, 11) is 0. The van der Waals surface area contributed by atoms with Gasteiger partial charge in [0.2, 0.25) is 18.2 Å². The second-order valence-corrected chi connectivity index (χ2v) is 8.46. The van der Waals surface area contributed by atoms with Crippen molar-refractivity contribution >= 4 is 11.8 Å². The summed E-state index contributed by atoms with van der Waals surface area (Å²) < 4.78 is 27.9. The Kier molecular flexibility index (Phi) is 6.38. The summed E-state index contributed by atoms with van der Waals surface area (Å²) in [5, 5.41) is 4.41. The number of likely N-dealkylation sites (tertiary alicyclic amines) is 1. The number of nitrogens with zero attached hydrogens (tertiary/aromatic N) is 5. The number of aryl methyl sites for hydroxylation is 1. The van der Waals surface area contributed by atoms with E-state index in [2.05, 4.69) is 5.10 Å². The third kappa shape index (κ3) is 4.58. The number of amides is 2. The highest BCUT2D eigenvalue weighted by Gasteiger charge is 2.38. The smallest absolute Gasteiger partial charge is 0.341 e. The average molecular weight is 447 g/mol. The van der Waals surface area contributed by atoms with Crippen molar-refractivity contribution in [1.82, 2.24) is 24.1 Å². The first-order valence-corrected chi connectivity index (χ1v) is 10.9. The van der Waals surface area contributed by atoms with Crippen LogP contribution in [0.4, 0.5) is 8.78 Å². The zero-order chi connectivity index (χ0) is 22.8. The highest BCUT2D eigenvalue weighted by atomic mass is 19.3. The topological polar surface area (TPSA) is 80.4 Å². The Labute approximate surface area is 184 Å². The van der Waals surface area contributed by atoms with Gasteiger partial charge in [0, 0.05) is 25.9 Å². The van der Waals surface area contributed by atoms with Gasteiger partial charge in [-0.15, -0.1) is 0 Å². The number of carbonyl (C=O) groups excluding carboxylic acids is 2. The van der Waals surface area contributed by atoms with Gasteiger partial charge in [-0.05, 0) is 25.3 Å². The molecule has 1 aromatic heterocycles. The van der Waals surface area contributed by atoms with Crippen LogP contribution in [0.1, 0.15) is 48.7 Å². The van der Waals surface area contributed by atoms with E-state index in [0.29, 0.717) is 18.9 Å². The van der Waals surface area contributed by atoms with Gasteiger partial charge < -0.3 is 9.80 Å². The van der Waals surface area contributed by atoms with Crippen LogP contribution in [0.5, 0.6) is 0 Å². The average Bonchev–Trinajstić information content (AvgIpc) is 3.41. The fourth-order valence-corrected chi connectivity index (χ4v) is 4.30. The lowest BCUT2D eigenvalue weighted by atomic mass is 10.1. The first-order chi connectivity index (χ1) is 15.3. The molecule has 2 aromatic rings. The molecule has 4 rings (SSSR count). The van der Waals surface area contributed by atoms with E-state index in [1.54, 1.807) is 4.90 Å². The summed E-state index contributed by atoms with van der Waals surface area (Å²) in [6, 6.07) is 6.81. The van der Waals surface area contributed by atoms with Crippen molar-refractivity contribution < 1.29 is 18.4 Å². The van der Waals surface area contributed by atoms with Gasteiger partial charge in [-0.25, -0.2) is 18.3 Å². The number of fused-ring (bicyclic) bond motifs is 1. The van der Waals surface area contributed by atoms with Crippen LogP contribution in [-0.2, 0) is 22.7 Å². The number of hydrogen-bond donors (Lipinski definition) is 0. The molecular formula is C22H27F2N5O3. The first-order valence-electron chi connectivity index (χ1n) is 10.9. The largest absolute Gasteiger partial charge is 0.347 e. The van der Waals surface area contributed by atoms with Crippen molar-refractivity contribution in [3.05, 3.63) is 51.7 Å². The van der Waals surface area contributed by atoms with Crippen LogP contribution < -0.4 is 5.69 Å². The van der Waals surface area contributed by atoms with Crippen molar-refractivity contribution in [2.45, 2.75) is 58.2 Å². The molecule has 1 aromatic carbocycles. The van der Waals surface area contributed by atoms with Gasteiger partial charge in [0.1, 0.15) is 6.04 Å². The van der Waals surface area contributed by atoms with Gasteiger partial charge in [-0.2, -0.15) is 5.10 Å². The van der Waals surface area contributed by atoms with Crippen LogP contribution in [0.3, 0.4) is 0 Å². The third-order valence-corrected chi connectivity index (χ3v) is 6.06. The normalized spacial score (nSPS) is 18.3. The van der Waals surface area contributed by atoms with Crippen molar-refractivity contribution in [3.8, 4) is 0 Å². The Morgan fingerprint density at radius 2 is 1.81 bits per heavy atom. The van der Waals surface area contributed by atoms with Crippen molar-refractivity contribution in [3.63, 3.8) is 0 Å². The monoisotopic (exact) mass is 447 g/mol. The van der Waals surface area contributed by atoms with Gasteiger partial charge in [0.05, 0.1) is 19.6 Å². The lowest BCUT2D eigenvalue weighted by Crippen LogP contribution is -2.50. The van der Waals surface area contributed by atoms with E-state index in [9.17, 15) is 23.2 Å². The minimum atomic E-state index is -2.57. The molecule has 10 heteroatoms. The molecule has 1 saturated heterocycles. The lowest BCUT2D eigenvalue weighted by Gasteiger charge is -2.34. The van der Waals surface area contributed by atoms with Crippen LogP contribution in [-0.4, -0.2) is 62.0 Å². The standard InChI is InChI=1S/C22H27F2N5O3/c1-15-4-6-16(7-5-15)12-28-22(32)29-17(21(31)26-10-2-3-11-26)13-27(14-19(29)25-28)20(30)9-8-18(23)24/h4-7,17-18H,2-3,8-14H2,1H3. The molecule has 1 atom stereocenters. The molecule has 0 N–H and O–H groups in total. The van der Waals surface area contributed by atoms with Crippen molar-refractivity contribution in [1.29, 1.82) is 0 Å². The molecule has 8 nitrogen and oxygen atoms in total. The van der Waals surface area contributed by atoms with Gasteiger partial charge in [-0.3, -0.25) is 14.2 Å². The number of halogens is 2. The molecule has 2 aliphatic heterocycles. The van der Waals surface area contributed by atoms with Gasteiger partial charge in [0.25, 0.3) is 0 Å². The molecule has 0 spiro atoms. The summed E-state index contributed by atoms with van der Waals surface area (Å²) in [6.07, 6.45) is -1.63. The molecule has 1 fully saturated rings. The molecule has 1 unspecified atom stereocenters. The predicted octanol–water partition coefficient (Wildman–Crippen LogP) is 1.95. The highest BCUT2D eigenvalue weighted by Crippen LogP contribution is 2.24. The van der Waals surface area contributed by atoms with Gasteiger partial charge in [-0.1, -0.05) is 29.8 Å². The minimum Gasteiger partial charge on any atom is -0.341 e. The van der Waals surface area contributed by atoms with E-state index >= 15 is 0 Å². The Balaban J connectivity index is 1.64. The van der Waals surface area contributed by atoms with Gasteiger partial charge >= 0.3 is 5.69 Å². The lowest BCUT2D eigenvalue weighted by molar-refractivity contribution is -0.139. The molecule has 0 aliphatic carbocycles. The number of benzene rings is 1. The van der Waals surface area contributed by atoms with E-state index in [1.165, 1.54) is 14.1 Å². The Morgan fingerprint density at radius 1 is 1.12 bits per heavy atom. The molecule has 0 saturated carbocycles. The van der Waals surface area contributed by atoms with Crippen molar-refractivity contribution in [2.24, 2.45) is 0 Å². The Bertz CT molecular complexity index is 1040. The maximum absolute atomic E-state index is 13.2. The maximum Gasteiger partial charge on any atom is 0.347 e. The summed E-state index contributed by atoms with van der Waals surface area (Å²) in [5.41, 5.74) is 1.58. The van der Waals surface area contributed by atoms with Crippen molar-refractivity contribution in [2.75, 3.05) is 19.6 Å². The molecule has 32 heavy (non-hydrogen) atoms. The van der Waals surface area contributed by atoms with Crippen LogP contribution >= 0.6 is 0 Å². The molecule has 2 amide bonds. The zero-order valence-corrected chi connectivity index (χ0v) is 18.0. The van der Waals surface area contributed by atoms with Crippen LogP contribution in [0, 0.1) is 6.92 Å². The second kappa shape index (κ2) is 9.22. The third-order valence-electron chi connectivity index (χ3n) is 6.06. The highest BCUT2D eigenvalue weighted by molar-refractivity contribution is 5.83. The predicted molar refractivity (Wildman–Crippen MR) is 112 cm³/mol. The van der Waals surface area contributed by atoms with Crippen LogP contribution in [0.15, 0.2) is 29.1 Å². The van der Waals surface area contributed by atoms with E-state index in [1.807, 2.05) is 31.2 Å². The molecule has 3 heterocycles. The van der Waals surface area contributed by atoms with Crippen LogP contribution in [0.25, 0.3) is 0 Å². The minimum absolute atomic E-state index is 0.0134. The number of rotatable bonds is 6. The SMILES string of the molecule is Cc1ccc(Cn2nc3n(c2=O)C(C(=O)N2CCCC2)CN(C(=O)CCC(F)F)C3)cc1. The summed E-state index contributed by atoms with van der Waals surface area (Å²) in [4.78, 5) is 42.1. The number of carbonyl (C=O) groups is 2. The number of hydrogen-bond acceptors (Lipinski definition) is 4. The van der Waals surface area contributed by atoms with E-state index < -0.39 is 30.5 Å². The van der Waals surface area contributed by atoms with E-state index in [4.69, 9.17) is 0 Å². The van der Waals surface area contributed by atoms with E-state index in [0.717, 1.165) is 24.0 Å². The quantitative estimate of drug-likeness (QED) is 0.678. The summed E-state index contributed by atoms with van der Waals surface area (Å²) in [6.45, 7) is 3.43. The summed E-state index contributed by atoms with van der Waals surface area (Å²) in [5.74, 6) is -0.389. The molecule has 0 bridgehead atoms. The molecular weight excluding hydrogens is 420 g/mol. The second-order valence-electron chi connectivity index (χ2n) is 8.46. The number of alkyl halides is 2. The zero-order valence-electron chi connectivity index (χ0n) is 18.0. The fourth-order valence-electron chi connectivity index (χ4n) is 4.30. The van der Waals surface area contributed by atoms with E-state index in [-0.39, 0.29) is 32.0 Å². The molecule has 172 valence electrons. The molecule has 2 aliphatic rings. The summed E-state index contributed by atoms with van der Waals surface area (Å²) >= 11 is 0. The van der Waals surface area contributed by atoms with Gasteiger partial charge in [0.15, 0.2) is 5.82 Å². The fraction of sp³-hybridized carbons (Fsp3) is 0.545. The maximum atomic E-state index is 13.2. The Morgan fingerprint density at radius 3 is 2.47 bits per heavy atom. The Hall–Kier alpha value is -3.04. The van der Waals surface area contributed by atoms with Crippen LogP contribution in [0.2, 0.25) is 0 Å². The number of aromatic nitrogens is 3.